The number of nitrogens with two attached hydrogens (primary N) is 1. The summed E-state index contributed by atoms with van der Waals surface area (Å²) >= 11 is 1.57. The van der Waals surface area contributed by atoms with Gasteiger partial charge in [-0.15, -0.1) is 11.3 Å². The molecule has 0 radical (unpaired) electrons. The van der Waals surface area contributed by atoms with Crippen LogP contribution in [0.1, 0.15) is 18.9 Å². The first kappa shape index (κ1) is 12.8. The molecule has 2 N–H and O–H groups in total. The van der Waals surface area contributed by atoms with Crippen molar-refractivity contribution in [3.8, 4) is 0 Å². The van der Waals surface area contributed by atoms with Gasteiger partial charge in [0.05, 0.1) is 15.9 Å². The lowest BCUT2D eigenvalue weighted by atomic mass is 10.2. The molecule has 3 rings (SSSR count). The topological polar surface area (TPSA) is 73.4 Å². The fourth-order valence-corrected chi connectivity index (χ4v) is 2.96. The lowest BCUT2D eigenvalue weighted by Crippen LogP contribution is -1.93. The monoisotopic (exact) mass is 286 g/mol. The van der Waals surface area contributed by atoms with Crippen molar-refractivity contribution in [2.24, 2.45) is 5.16 Å². The number of thiazole rings is 1. The zero-order valence-electron chi connectivity index (χ0n) is 11.3. The van der Waals surface area contributed by atoms with Crippen molar-refractivity contribution < 1.29 is 4.84 Å². The number of benzene rings is 1. The Bertz CT molecular complexity index is 805. The number of nitrogens with zero attached hydrogens (tertiary/aromatic N) is 3. The summed E-state index contributed by atoms with van der Waals surface area (Å²) in [6, 6.07) is 7.91. The number of anilines is 1. The Morgan fingerprint density at radius 1 is 1.30 bits per heavy atom. The first-order valence-electron chi connectivity index (χ1n) is 6.22. The highest BCUT2D eigenvalue weighted by Gasteiger charge is 2.12. The molecule has 1 aromatic carbocycles. The first-order chi connectivity index (χ1) is 9.65. The maximum atomic E-state index is 5.98. The molecule has 0 aliphatic heterocycles. The smallest absolute Gasteiger partial charge is 0.168 e. The predicted molar refractivity (Wildman–Crippen MR) is 82.9 cm³/mol. The van der Waals surface area contributed by atoms with Gasteiger partial charge >= 0.3 is 0 Å². The summed E-state index contributed by atoms with van der Waals surface area (Å²) < 4.78 is 1.05. The molecule has 0 fully saturated rings. The summed E-state index contributed by atoms with van der Waals surface area (Å²) in [4.78, 5) is 14.1. The third-order valence-corrected chi connectivity index (χ3v) is 3.80. The normalized spacial score (nSPS) is 10.9. The second kappa shape index (κ2) is 5.05. The van der Waals surface area contributed by atoms with Crippen molar-refractivity contribution in [3.63, 3.8) is 0 Å². The summed E-state index contributed by atoms with van der Waals surface area (Å²) in [7, 11) is 0. The number of hydrogen-bond acceptors (Lipinski definition) is 6. The van der Waals surface area contributed by atoms with Gasteiger partial charge in [0.25, 0.3) is 0 Å². The molecule has 102 valence electrons. The van der Waals surface area contributed by atoms with Crippen LogP contribution in [-0.4, -0.2) is 15.7 Å². The summed E-state index contributed by atoms with van der Waals surface area (Å²) in [6.07, 6.45) is 0. The maximum absolute atomic E-state index is 5.98. The van der Waals surface area contributed by atoms with Crippen molar-refractivity contribution in [1.29, 1.82) is 0 Å². The molecular formula is C14H14N4OS. The van der Waals surface area contributed by atoms with E-state index in [9.17, 15) is 0 Å². The number of pyridine rings is 1. The fourth-order valence-electron chi connectivity index (χ4n) is 1.94. The molecule has 2 heterocycles. The Balaban J connectivity index is 2.08. The van der Waals surface area contributed by atoms with Crippen LogP contribution in [0.15, 0.2) is 29.4 Å². The number of para-hydroxylation sites is 1. The van der Waals surface area contributed by atoms with E-state index in [1.165, 1.54) is 0 Å². The standard InChI is InChI=1S/C14H14N4OS/c1-8(2)18-19-7-11-17-12-13(20-11)9-5-3-4-6-10(9)16-14(12)15/h3-6H,7H2,1-2H3,(H2,15,16). The quantitative estimate of drug-likeness (QED) is 0.592. The van der Waals surface area contributed by atoms with Crippen molar-refractivity contribution >= 4 is 44.0 Å². The van der Waals surface area contributed by atoms with Crippen molar-refractivity contribution in [1.82, 2.24) is 9.97 Å². The second-order valence-corrected chi connectivity index (χ2v) is 5.70. The van der Waals surface area contributed by atoms with Crippen LogP contribution in [0.25, 0.3) is 21.1 Å². The number of hydrogen-bond donors (Lipinski definition) is 1. The molecule has 0 amide bonds. The number of aromatic nitrogens is 2. The molecule has 0 aliphatic carbocycles. The van der Waals surface area contributed by atoms with Crippen LogP contribution in [0.2, 0.25) is 0 Å². The molecule has 6 heteroatoms. The van der Waals surface area contributed by atoms with Crippen LogP contribution in [0.5, 0.6) is 0 Å². The van der Waals surface area contributed by atoms with Gasteiger partial charge in [-0.05, 0) is 19.9 Å². The lowest BCUT2D eigenvalue weighted by Gasteiger charge is -1.99. The van der Waals surface area contributed by atoms with E-state index in [1.807, 2.05) is 38.1 Å². The van der Waals surface area contributed by atoms with Crippen molar-refractivity contribution in [2.75, 3.05) is 5.73 Å². The van der Waals surface area contributed by atoms with Crippen LogP contribution in [0, 0.1) is 0 Å². The van der Waals surface area contributed by atoms with Crippen LogP contribution < -0.4 is 5.73 Å². The SMILES string of the molecule is CC(C)=NOCc1nc2c(N)nc3ccccc3c2s1. The summed E-state index contributed by atoms with van der Waals surface area (Å²) in [5.74, 6) is 0.455. The van der Waals surface area contributed by atoms with E-state index in [1.54, 1.807) is 11.3 Å². The number of oxime groups is 1. The Morgan fingerprint density at radius 3 is 2.90 bits per heavy atom. The number of nitrogen functional groups attached to an aromatic ring is 1. The fraction of sp³-hybridized carbons (Fsp3) is 0.214. The Labute approximate surface area is 120 Å². The van der Waals surface area contributed by atoms with Gasteiger partial charge in [-0.3, -0.25) is 0 Å². The number of rotatable bonds is 3. The molecule has 0 aliphatic rings. The third kappa shape index (κ3) is 2.30. The summed E-state index contributed by atoms with van der Waals surface area (Å²) in [5, 5.41) is 5.82. The third-order valence-electron chi connectivity index (χ3n) is 2.74. The molecule has 20 heavy (non-hydrogen) atoms. The Morgan fingerprint density at radius 2 is 2.10 bits per heavy atom. The van der Waals surface area contributed by atoms with Gasteiger partial charge in [0.15, 0.2) is 12.4 Å². The summed E-state index contributed by atoms with van der Waals surface area (Å²) in [6.45, 7) is 4.11. The minimum Gasteiger partial charge on any atom is -0.388 e. The van der Waals surface area contributed by atoms with E-state index in [-0.39, 0.29) is 0 Å². The van der Waals surface area contributed by atoms with E-state index in [0.717, 1.165) is 31.8 Å². The highest BCUT2D eigenvalue weighted by Crippen LogP contribution is 2.32. The molecule has 0 bridgehead atoms. The highest BCUT2D eigenvalue weighted by atomic mass is 32.1. The molecular weight excluding hydrogens is 272 g/mol. The zero-order valence-corrected chi connectivity index (χ0v) is 12.1. The van der Waals surface area contributed by atoms with Gasteiger partial charge in [0, 0.05) is 5.39 Å². The summed E-state index contributed by atoms with van der Waals surface area (Å²) in [5.41, 5.74) is 8.48. The van der Waals surface area contributed by atoms with Crippen LogP contribution in [0.3, 0.4) is 0 Å². The molecule has 0 saturated heterocycles. The van der Waals surface area contributed by atoms with Gasteiger partial charge in [0.2, 0.25) is 0 Å². The average Bonchev–Trinajstić information content (AvgIpc) is 2.83. The van der Waals surface area contributed by atoms with Crippen LogP contribution in [0.4, 0.5) is 5.82 Å². The van der Waals surface area contributed by atoms with Crippen LogP contribution >= 0.6 is 11.3 Å². The van der Waals surface area contributed by atoms with E-state index in [2.05, 4.69) is 15.1 Å². The van der Waals surface area contributed by atoms with Crippen molar-refractivity contribution in [3.05, 3.63) is 29.3 Å². The van der Waals surface area contributed by atoms with Gasteiger partial charge in [-0.1, -0.05) is 23.4 Å². The van der Waals surface area contributed by atoms with Gasteiger partial charge in [-0.25, -0.2) is 9.97 Å². The zero-order chi connectivity index (χ0) is 14.1. The molecule has 0 spiro atoms. The average molecular weight is 286 g/mol. The highest BCUT2D eigenvalue weighted by molar-refractivity contribution is 7.19. The molecule has 5 nitrogen and oxygen atoms in total. The minimum absolute atomic E-state index is 0.346. The first-order valence-corrected chi connectivity index (χ1v) is 7.03. The van der Waals surface area contributed by atoms with E-state index in [0.29, 0.717) is 12.4 Å². The minimum atomic E-state index is 0.346. The molecule has 0 atom stereocenters. The van der Waals surface area contributed by atoms with E-state index >= 15 is 0 Å². The molecule has 3 aromatic rings. The van der Waals surface area contributed by atoms with Gasteiger partial charge in [0.1, 0.15) is 10.5 Å². The van der Waals surface area contributed by atoms with Gasteiger partial charge < -0.3 is 10.6 Å². The van der Waals surface area contributed by atoms with Gasteiger partial charge in [-0.2, -0.15) is 0 Å². The van der Waals surface area contributed by atoms with Crippen molar-refractivity contribution in [2.45, 2.75) is 20.5 Å². The Kier molecular flexibility index (Phi) is 3.23. The maximum Gasteiger partial charge on any atom is 0.168 e. The molecule has 2 aromatic heterocycles. The van der Waals surface area contributed by atoms with E-state index in [4.69, 9.17) is 10.6 Å². The predicted octanol–water partition coefficient (Wildman–Crippen LogP) is 3.34. The molecule has 0 saturated carbocycles. The second-order valence-electron chi connectivity index (χ2n) is 4.61. The lowest BCUT2D eigenvalue weighted by molar-refractivity contribution is 0.130. The van der Waals surface area contributed by atoms with E-state index < -0.39 is 0 Å². The number of fused-ring (bicyclic) bond motifs is 3. The Hall–Kier alpha value is -2.21. The largest absolute Gasteiger partial charge is 0.388 e. The van der Waals surface area contributed by atoms with Crippen LogP contribution in [-0.2, 0) is 11.4 Å². The molecule has 0 unspecified atom stereocenters.